The molecule has 1 aromatic carbocycles. The topological polar surface area (TPSA) is 41.1 Å². The van der Waals surface area contributed by atoms with Gasteiger partial charge in [-0.3, -0.25) is 4.79 Å². The molecule has 1 amide bonds. The number of carbonyl (C=O) groups is 1. The van der Waals surface area contributed by atoms with Gasteiger partial charge in [0, 0.05) is 5.56 Å². The molecule has 3 nitrogen and oxygen atoms in total. The molecule has 0 aliphatic carbocycles. The van der Waals surface area contributed by atoms with Crippen LogP contribution in [-0.4, -0.2) is 11.0 Å². The summed E-state index contributed by atoms with van der Waals surface area (Å²) in [6.07, 6.45) is 0. The van der Waals surface area contributed by atoms with Gasteiger partial charge in [0.2, 0.25) is 0 Å². The van der Waals surface area contributed by atoms with Crippen LogP contribution in [0.15, 0.2) is 18.2 Å². The van der Waals surface area contributed by atoms with E-state index in [0.29, 0.717) is 0 Å². The molecule has 1 atom stereocenters. The van der Waals surface area contributed by atoms with E-state index in [1.807, 2.05) is 0 Å². The van der Waals surface area contributed by atoms with Crippen molar-refractivity contribution in [2.45, 2.75) is 12.5 Å². The monoisotopic (exact) mass is 242 g/mol. The highest BCUT2D eigenvalue weighted by molar-refractivity contribution is 7.80. The molecule has 1 heterocycles. The van der Waals surface area contributed by atoms with Crippen molar-refractivity contribution in [1.82, 2.24) is 10.6 Å². The van der Waals surface area contributed by atoms with Gasteiger partial charge in [-0.15, -0.1) is 0 Å². The number of amides is 1. The van der Waals surface area contributed by atoms with Gasteiger partial charge < -0.3 is 10.6 Å². The summed E-state index contributed by atoms with van der Waals surface area (Å²) in [6, 6.07) is 2.95. The van der Waals surface area contributed by atoms with Crippen LogP contribution in [0.25, 0.3) is 0 Å². The lowest BCUT2D eigenvalue weighted by Crippen LogP contribution is -2.41. The van der Waals surface area contributed by atoms with E-state index >= 15 is 0 Å². The molecule has 1 fully saturated rings. The normalized spacial score (nSPS) is 24.2. The van der Waals surface area contributed by atoms with Crippen molar-refractivity contribution in [3.63, 3.8) is 0 Å². The molecule has 0 spiro atoms. The van der Waals surface area contributed by atoms with Gasteiger partial charge in [0.05, 0.1) is 0 Å². The molecule has 1 aromatic rings. The summed E-state index contributed by atoms with van der Waals surface area (Å²) in [7, 11) is 0. The van der Waals surface area contributed by atoms with Crippen LogP contribution < -0.4 is 10.6 Å². The molecule has 1 saturated heterocycles. The molecule has 1 aliphatic rings. The number of nitrogens with one attached hydrogen (secondary N) is 2. The molecule has 2 N–H and O–H groups in total. The van der Waals surface area contributed by atoms with Crippen molar-refractivity contribution in [2.75, 3.05) is 0 Å². The maximum absolute atomic E-state index is 13.5. The number of halogens is 2. The van der Waals surface area contributed by atoms with Crippen LogP contribution in [0.3, 0.4) is 0 Å². The summed E-state index contributed by atoms with van der Waals surface area (Å²) < 4.78 is 26.6. The first-order chi connectivity index (χ1) is 7.43. The van der Waals surface area contributed by atoms with E-state index in [9.17, 15) is 13.6 Å². The molecule has 0 saturated carbocycles. The van der Waals surface area contributed by atoms with Crippen LogP contribution in [-0.2, 0) is 10.3 Å². The zero-order chi connectivity index (χ0) is 11.9. The van der Waals surface area contributed by atoms with Crippen LogP contribution in [0.4, 0.5) is 8.78 Å². The number of rotatable bonds is 1. The second-order valence-electron chi connectivity index (χ2n) is 3.66. The van der Waals surface area contributed by atoms with Gasteiger partial charge in [0.1, 0.15) is 17.2 Å². The van der Waals surface area contributed by atoms with E-state index in [4.69, 9.17) is 12.2 Å². The first kappa shape index (κ1) is 10.9. The Morgan fingerprint density at radius 3 is 2.62 bits per heavy atom. The fourth-order valence-electron chi connectivity index (χ4n) is 1.61. The highest BCUT2D eigenvalue weighted by Crippen LogP contribution is 2.27. The zero-order valence-electron chi connectivity index (χ0n) is 8.30. The molecular formula is C10H8F2N2OS. The van der Waals surface area contributed by atoms with E-state index in [1.54, 1.807) is 0 Å². The quantitative estimate of drug-likeness (QED) is 0.727. The summed E-state index contributed by atoms with van der Waals surface area (Å²) in [6.45, 7) is 1.44. The van der Waals surface area contributed by atoms with Gasteiger partial charge in [-0.1, -0.05) is 0 Å². The molecule has 0 bridgehead atoms. The second kappa shape index (κ2) is 3.48. The molecule has 0 radical (unpaired) electrons. The lowest BCUT2D eigenvalue weighted by atomic mass is 9.92. The standard InChI is InChI=1S/C10H8F2N2OS/c1-10(8(15)13-9(16)14-10)6-4-5(11)2-3-7(6)12/h2-4H,1H3,(H2,13,14,15,16). The molecule has 6 heteroatoms. The van der Waals surface area contributed by atoms with E-state index in [-0.39, 0.29) is 10.7 Å². The van der Waals surface area contributed by atoms with E-state index in [0.717, 1.165) is 18.2 Å². The number of benzene rings is 1. The Bertz CT molecular complexity index is 492. The van der Waals surface area contributed by atoms with Gasteiger partial charge in [-0.2, -0.15) is 0 Å². The summed E-state index contributed by atoms with van der Waals surface area (Å²) in [4.78, 5) is 11.6. The van der Waals surface area contributed by atoms with Crippen LogP contribution in [0.5, 0.6) is 0 Å². The fraction of sp³-hybridized carbons (Fsp3) is 0.200. The average Bonchev–Trinajstić information content (AvgIpc) is 2.46. The minimum Gasteiger partial charge on any atom is -0.345 e. The average molecular weight is 242 g/mol. The van der Waals surface area contributed by atoms with Crippen molar-refractivity contribution >= 4 is 23.2 Å². The molecule has 0 aromatic heterocycles. The smallest absolute Gasteiger partial charge is 0.256 e. The van der Waals surface area contributed by atoms with Crippen LogP contribution in [0.1, 0.15) is 12.5 Å². The lowest BCUT2D eigenvalue weighted by Gasteiger charge is -2.22. The summed E-state index contributed by atoms with van der Waals surface area (Å²) in [5.74, 6) is -1.76. The zero-order valence-corrected chi connectivity index (χ0v) is 9.12. The highest BCUT2D eigenvalue weighted by atomic mass is 32.1. The molecule has 16 heavy (non-hydrogen) atoms. The van der Waals surface area contributed by atoms with Crippen molar-refractivity contribution in [2.24, 2.45) is 0 Å². The van der Waals surface area contributed by atoms with E-state index in [2.05, 4.69) is 10.6 Å². The molecule has 1 aliphatic heterocycles. The predicted molar refractivity (Wildman–Crippen MR) is 57.6 cm³/mol. The highest BCUT2D eigenvalue weighted by Gasteiger charge is 2.43. The molecule has 2 rings (SSSR count). The van der Waals surface area contributed by atoms with Crippen LogP contribution in [0, 0.1) is 11.6 Å². The first-order valence-corrected chi connectivity index (χ1v) is 4.93. The SMILES string of the molecule is CC1(c2cc(F)ccc2F)NC(=S)NC1=O. The number of carbonyl (C=O) groups excluding carboxylic acids is 1. The predicted octanol–water partition coefficient (Wildman–Crippen LogP) is 1.18. The maximum atomic E-state index is 13.5. The Morgan fingerprint density at radius 1 is 1.38 bits per heavy atom. The first-order valence-electron chi connectivity index (χ1n) is 4.52. The van der Waals surface area contributed by atoms with Crippen molar-refractivity contribution in [3.05, 3.63) is 35.4 Å². The Kier molecular flexibility index (Phi) is 2.38. The van der Waals surface area contributed by atoms with Crippen LogP contribution >= 0.6 is 12.2 Å². The van der Waals surface area contributed by atoms with Gasteiger partial charge in [0.15, 0.2) is 5.11 Å². The third-order valence-electron chi connectivity index (χ3n) is 2.51. The van der Waals surface area contributed by atoms with Gasteiger partial charge in [0.25, 0.3) is 5.91 Å². The van der Waals surface area contributed by atoms with Gasteiger partial charge in [-0.05, 0) is 37.3 Å². The maximum Gasteiger partial charge on any atom is 0.256 e. The largest absolute Gasteiger partial charge is 0.345 e. The van der Waals surface area contributed by atoms with Crippen molar-refractivity contribution < 1.29 is 13.6 Å². The minimum atomic E-state index is -1.36. The fourth-order valence-corrected chi connectivity index (χ4v) is 1.91. The third-order valence-corrected chi connectivity index (χ3v) is 2.72. The molecule has 84 valence electrons. The summed E-state index contributed by atoms with van der Waals surface area (Å²) in [5.41, 5.74) is -1.42. The Morgan fingerprint density at radius 2 is 2.06 bits per heavy atom. The second-order valence-corrected chi connectivity index (χ2v) is 4.07. The van der Waals surface area contributed by atoms with E-state index in [1.165, 1.54) is 6.92 Å². The number of hydrogen-bond acceptors (Lipinski definition) is 2. The Hall–Kier alpha value is -1.56. The number of thiocarbonyl (C=S) groups is 1. The summed E-state index contributed by atoms with van der Waals surface area (Å²) >= 11 is 4.76. The molecular weight excluding hydrogens is 234 g/mol. The van der Waals surface area contributed by atoms with Crippen molar-refractivity contribution in [1.29, 1.82) is 0 Å². The molecule has 1 unspecified atom stereocenters. The van der Waals surface area contributed by atoms with Crippen molar-refractivity contribution in [3.8, 4) is 0 Å². The Balaban J connectivity index is 2.55. The van der Waals surface area contributed by atoms with Gasteiger partial charge in [-0.25, -0.2) is 8.78 Å². The van der Waals surface area contributed by atoms with Crippen LogP contribution in [0.2, 0.25) is 0 Å². The minimum absolute atomic E-state index is 0.0650. The van der Waals surface area contributed by atoms with E-state index < -0.39 is 23.1 Å². The third kappa shape index (κ3) is 1.55. The lowest BCUT2D eigenvalue weighted by molar-refractivity contribution is -0.123. The number of hydrogen-bond donors (Lipinski definition) is 2. The Labute approximate surface area is 95.8 Å². The van der Waals surface area contributed by atoms with Gasteiger partial charge >= 0.3 is 0 Å². The summed E-state index contributed by atoms with van der Waals surface area (Å²) in [5, 5.41) is 5.08.